The van der Waals surface area contributed by atoms with Gasteiger partial charge in [0, 0.05) is 26.2 Å². The van der Waals surface area contributed by atoms with E-state index >= 15 is 0 Å². The Labute approximate surface area is 316 Å². The van der Waals surface area contributed by atoms with Gasteiger partial charge in [0.25, 0.3) is 5.91 Å². The van der Waals surface area contributed by atoms with Gasteiger partial charge < -0.3 is 36.4 Å². The molecule has 14 nitrogen and oxygen atoms in total. The molecule has 0 aromatic heterocycles. The zero-order chi connectivity index (χ0) is 39.6. The summed E-state index contributed by atoms with van der Waals surface area (Å²) in [5.74, 6) is -4.38. The molecule has 1 aliphatic carbocycles. The largest absolute Gasteiger partial charge is 0.347 e. The van der Waals surface area contributed by atoms with Gasteiger partial charge in [-0.05, 0) is 81.9 Å². The average Bonchev–Trinajstić information content (AvgIpc) is 3.80. The van der Waals surface area contributed by atoms with Crippen LogP contribution in [-0.2, 0) is 41.6 Å². The molecule has 1 heterocycles. The van der Waals surface area contributed by atoms with E-state index in [1.807, 2.05) is 45.0 Å². The quantitative estimate of drug-likeness (QED) is 0.136. The number of carbonyl (C=O) groups excluding carboxylic acids is 7. The number of likely N-dealkylation sites (tertiary alicyclic amines) is 1. The Morgan fingerprint density at radius 2 is 1.54 bits per heavy atom. The first kappa shape index (κ1) is 41.2. The smallest absolute Gasteiger partial charge is 0.315 e. The maximum absolute atomic E-state index is 14.3. The SMILES string of the molecule is C=CCCC(NC(=O)[C@@H]1CCCN1C(=O)[C@@H](NC(=O)NC(C)(C)C)C1Cc2ccccc2C1)C(=O)C(=O)NCC(=O)N[C@H](C(=O)N(C)C)c1ccccc1. The van der Waals surface area contributed by atoms with E-state index in [0.29, 0.717) is 37.7 Å². The maximum Gasteiger partial charge on any atom is 0.315 e. The van der Waals surface area contributed by atoms with Gasteiger partial charge in [-0.2, -0.15) is 0 Å². The second-order valence-corrected chi connectivity index (χ2v) is 15.1. The molecule has 0 bridgehead atoms. The number of benzene rings is 2. The molecule has 7 amide bonds. The fourth-order valence-electron chi connectivity index (χ4n) is 6.84. The van der Waals surface area contributed by atoms with Gasteiger partial charge in [0.2, 0.25) is 29.4 Å². The minimum Gasteiger partial charge on any atom is -0.347 e. The van der Waals surface area contributed by atoms with Gasteiger partial charge in [-0.25, -0.2) is 4.79 Å². The lowest BCUT2D eigenvalue weighted by atomic mass is 9.94. The van der Waals surface area contributed by atoms with Crippen molar-refractivity contribution in [1.82, 2.24) is 36.4 Å². The third kappa shape index (κ3) is 11.0. The molecule has 1 saturated heterocycles. The van der Waals surface area contributed by atoms with Crippen LogP contribution in [-0.4, -0.2) is 102 Å². The van der Waals surface area contributed by atoms with E-state index in [9.17, 15) is 33.6 Å². The van der Waals surface area contributed by atoms with Crippen LogP contribution in [0.15, 0.2) is 67.3 Å². The Kier molecular flexibility index (Phi) is 14.1. The lowest BCUT2D eigenvalue weighted by Crippen LogP contribution is -2.60. The number of allylic oxidation sites excluding steroid dienone is 1. The molecule has 1 aliphatic heterocycles. The first-order valence-electron chi connectivity index (χ1n) is 18.3. The van der Waals surface area contributed by atoms with Crippen molar-refractivity contribution < 1.29 is 33.6 Å². The second-order valence-electron chi connectivity index (χ2n) is 15.1. The summed E-state index contributed by atoms with van der Waals surface area (Å²) in [6, 6.07) is 11.9. The normalized spacial score (nSPS) is 16.9. The number of ketones is 1. The highest BCUT2D eigenvalue weighted by Gasteiger charge is 2.43. The monoisotopic (exact) mass is 743 g/mol. The summed E-state index contributed by atoms with van der Waals surface area (Å²) >= 11 is 0. The van der Waals surface area contributed by atoms with Crippen molar-refractivity contribution in [3.63, 3.8) is 0 Å². The molecule has 0 saturated carbocycles. The second kappa shape index (κ2) is 18.5. The molecule has 2 aliphatic rings. The van der Waals surface area contributed by atoms with E-state index in [4.69, 9.17) is 0 Å². The Hall–Kier alpha value is -5.53. The van der Waals surface area contributed by atoms with Crippen LogP contribution in [0.2, 0.25) is 0 Å². The highest BCUT2D eigenvalue weighted by Crippen LogP contribution is 2.31. The maximum atomic E-state index is 14.3. The Morgan fingerprint density at radius 3 is 2.13 bits per heavy atom. The molecule has 2 aromatic carbocycles. The fourth-order valence-corrected chi connectivity index (χ4v) is 6.84. The summed E-state index contributed by atoms with van der Waals surface area (Å²) in [5.41, 5.74) is 2.20. The van der Waals surface area contributed by atoms with Crippen molar-refractivity contribution in [3.8, 4) is 0 Å². The van der Waals surface area contributed by atoms with Crippen LogP contribution in [0, 0.1) is 5.92 Å². The van der Waals surface area contributed by atoms with Gasteiger partial charge in [0.1, 0.15) is 18.1 Å². The number of rotatable bonds is 15. The van der Waals surface area contributed by atoms with Crippen molar-refractivity contribution in [1.29, 1.82) is 0 Å². The molecule has 54 heavy (non-hydrogen) atoms. The molecule has 2 aromatic rings. The van der Waals surface area contributed by atoms with E-state index in [1.165, 1.54) is 9.80 Å². The van der Waals surface area contributed by atoms with Crippen molar-refractivity contribution in [2.24, 2.45) is 5.92 Å². The number of nitrogens with one attached hydrogen (secondary N) is 5. The molecular formula is C40H53N7O7. The van der Waals surface area contributed by atoms with Crippen molar-refractivity contribution >= 4 is 41.4 Å². The Morgan fingerprint density at radius 1 is 0.907 bits per heavy atom. The van der Waals surface area contributed by atoms with Crippen LogP contribution in [0.3, 0.4) is 0 Å². The molecule has 4 rings (SSSR count). The van der Waals surface area contributed by atoms with Crippen molar-refractivity contribution in [2.75, 3.05) is 27.2 Å². The van der Waals surface area contributed by atoms with Crippen molar-refractivity contribution in [3.05, 3.63) is 83.9 Å². The van der Waals surface area contributed by atoms with Gasteiger partial charge in [-0.1, -0.05) is 60.7 Å². The highest BCUT2D eigenvalue weighted by atomic mass is 16.2. The van der Waals surface area contributed by atoms with E-state index < -0.39 is 71.7 Å². The van der Waals surface area contributed by atoms with Crippen LogP contribution in [0.5, 0.6) is 0 Å². The van der Waals surface area contributed by atoms with Crippen molar-refractivity contribution in [2.45, 2.75) is 89.0 Å². The minimum absolute atomic E-state index is 0.0548. The van der Waals surface area contributed by atoms with Gasteiger partial charge in [-0.15, -0.1) is 6.58 Å². The number of hydrogen-bond acceptors (Lipinski definition) is 7. The summed E-state index contributed by atoms with van der Waals surface area (Å²) in [4.78, 5) is 96.1. The molecule has 5 N–H and O–H groups in total. The Balaban J connectivity index is 1.43. The lowest BCUT2D eigenvalue weighted by molar-refractivity contribution is -0.143. The van der Waals surface area contributed by atoms with Gasteiger partial charge >= 0.3 is 6.03 Å². The molecule has 290 valence electrons. The van der Waals surface area contributed by atoms with Crippen LogP contribution in [0.1, 0.15) is 69.2 Å². The van der Waals surface area contributed by atoms with Crippen LogP contribution < -0.4 is 26.6 Å². The number of carbonyl (C=O) groups is 7. The lowest BCUT2D eigenvalue weighted by Gasteiger charge is -2.33. The van der Waals surface area contributed by atoms with Gasteiger partial charge in [0.05, 0.1) is 12.6 Å². The number of urea groups is 1. The molecule has 0 radical (unpaired) electrons. The first-order chi connectivity index (χ1) is 25.6. The minimum atomic E-state index is -1.26. The van der Waals surface area contributed by atoms with Gasteiger partial charge in [0.15, 0.2) is 0 Å². The topological polar surface area (TPSA) is 186 Å². The summed E-state index contributed by atoms with van der Waals surface area (Å²) in [6.07, 6.45) is 3.91. The van der Waals surface area contributed by atoms with Crippen LogP contribution in [0.25, 0.3) is 0 Å². The molecule has 4 atom stereocenters. The molecule has 1 unspecified atom stereocenters. The number of Topliss-reactive ketones (excluding diaryl/α,β-unsaturated/α-hetero) is 1. The summed E-state index contributed by atoms with van der Waals surface area (Å²) in [5, 5.41) is 13.4. The van der Waals surface area contributed by atoms with E-state index in [-0.39, 0.29) is 24.8 Å². The zero-order valence-electron chi connectivity index (χ0n) is 31.8. The van der Waals surface area contributed by atoms with E-state index in [2.05, 4.69) is 33.2 Å². The highest BCUT2D eigenvalue weighted by molar-refractivity contribution is 6.38. The molecule has 14 heteroatoms. The summed E-state index contributed by atoms with van der Waals surface area (Å²) in [7, 11) is 3.11. The van der Waals surface area contributed by atoms with Crippen LogP contribution >= 0.6 is 0 Å². The predicted octanol–water partition coefficient (Wildman–Crippen LogP) is 1.94. The zero-order valence-corrected chi connectivity index (χ0v) is 31.8. The number of likely N-dealkylation sites (N-methyl/N-ethyl adjacent to an activating group) is 1. The molecule has 1 fully saturated rings. The summed E-state index contributed by atoms with van der Waals surface area (Å²) in [6.45, 7) is 8.88. The average molecular weight is 744 g/mol. The molecular weight excluding hydrogens is 690 g/mol. The number of hydrogen-bond donors (Lipinski definition) is 5. The van der Waals surface area contributed by atoms with E-state index in [1.54, 1.807) is 50.5 Å². The molecule has 0 spiro atoms. The number of nitrogens with zero attached hydrogens (tertiary/aromatic N) is 2. The van der Waals surface area contributed by atoms with Crippen LogP contribution in [0.4, 0.5) is 4.79 Å². The summed E-state index contributed by atoms with van der Waals surface area (Å²) < 4.78 is 0. The standard InChI is InChI=1S/C40H53N7O7/c1-7-8-19-29(34(49)36(51)41-24-31(48)43-32(37(52)46(5)6)25-15-10-9-11-16-25)42-35(50)30-20-14-21-47(30)38(53)33(44-39(54)45-40(2,3)4)28-22-26-17-12-13-18-27(26)23-28/h7,9-13,15-18,28-30,32-33H,1,8,14,19-24H2,2-6H3,(H,41,51)(H,42,50)(H,43,48)(H2,44,45,54)/t29?,30-,32-,33-/m0/s1. The third-order valence-corrected chi connectivity index (χ3v) is 9.49. The van der Waals surface area contributed by atoms with E-state index in [0.717, 1.165) is 11.1 Å². The number of fused-ring (bicyclic) bond motifs is 1. The first-order valence-corrected chi connectivity index (χ1v) is 18.3. The van der Waals surface area contributed by atoms with Gasteiger partial charge in [-0.3, -0.25) is 28.8 Å². The third-order valence-electron chi connectivity index (χ3n) is 9.49. The fraction of sp³-hybridized carbons (Fsp3) is 0.475. The Bertz CT molecular complexity index is 1700. The number of amides is 7. The predicted molar refractivity (Wildman–Crippen MR) is 203 cm³/mol.